The number of piperidine rings is 1. The van der Waals surface area contributed by atoms with Crippen LogP contribution >= 0.6 is 0 Å². The number of allylic oxidation sites excluding steroid dienone is 3. The quantitative estimate of drug-likeness (QED) is 0.336. The van der Waals surface area contributed by atoms with E-state index in [1.54, 1.807) is 0 Å². The molecule has 0 spiro atoms. The summed E-state index contributed by atoms with van der Waals surface area (Å²) in [7, 11) is 2.68. The number of anilines is 2. The molecule has 0 aliphatic carbocycles. The van der Waals surface area contributed by atoms with Crippen molar-refractivity contribution in [3.63, 3.8) is 0 Å². The monoisotopic (exact) mass is 542 g/mol. The highest BCUT2D eigenvalue weighted by Crippen LogP contribution is 2.27. The number of nitrogens with two attached hydrogens (primary N) is 1. The van der Waals surface area contributed by atoms with Gasteiger partial charge in [0.05, 0.1) is 7.05 Å². The number of hydrogen-bond acceptors (Lipinski definition) is 9. The maximum absolute atomic E-state index is 12.7. The van der Waals surface area contributed by atoms with Crippen LogP contribution in [0.25, 0.3) is 0 Å². The first-order valence-corrected chi connectivity index (χ1v) is 13.7. The third kappa shape index (κ3) is 8.34. The number of aromatic amines is 1. The Morgan fingerprint density at radius 2 is 1.90 bits per heavy atom. The molecule has 39 heavy (non-hydrogen) atoms. The summed E-state index contributed by atoms with van der Waals surface area (Å²) in [4.78, 5) is 47.3. The van der Waals surface area contributed by atoms with E-state index in [2.05, 4.69) is 76.7 Å². The molecule has 1 aromatic rings. The van der Waals surface area contributed by atoms with Gasteiger partial charge in [-0.1, -0.05) is 42.5 Å². The molecule has 11 nitrogen and oxygen atoms in total. The molecule has 0 bridgehead atoms. The van der Waals surface area contributed by atoms with Crippen molar-refractivity contribution in [1.82, 2.24) is 25.1 Å². The second kappa shape index (κ2) is 15.3. The highest BCUT2D eigenvalue weighted by atomic mass is 16.2. The first kappa shape index (κ1) is 31.9. The number of aromatic nitrogens is 2. The van der Waals surface area contributed by atoms with Crippen LogP contribution in [-0.2, 0) is 0 Å². The molecule has 3 rings (SSSR count). The van der Waals surface area contributed by atoms with E-state index >= 15 is 0 Å². The number of rotatable bonds is 8. The predicted octanol–water partition coefficient (Wildman–Crippen LogP) is 2.93. The average molecular weight is 543 g/mol. The normalized spacial score (nSPS) is 19.9. The molecule has 2 unspecified atom stereocenters. The Morgan fingerprint density at radius 3 is 2.44 bits per heavy atom. The number of nitrogens with one attached hydrogen (secondary N) is 2. The predicted molar refractivity (Wildman–Crippen MR) is 159 cm³/mol. The maximum atomic E-state index is 12.7. The molecule has 2 saturated heterocycles. The lowest BCUT2D eigenvalue weighted by atomic mass is 9.96. The Hall–Kier alpha value is -3.31. The number of H-pyrrole nitrogens is 1. The van der Waals surface area contributed by atoms with Gasteiger partial charge in [-0.15, -0.1) is 0 Å². The minimum atomic E-state index is -0.451. The molecule has 2 aliphatic rings. The second-order valence-electron chi connectivity index (χ2n) is 10.2. The number of nitrogen functional groups attached to an aromatic ring is 1. The van der Waals surface area contributed by atoms with Crippen LogP contribution in [0.4, 0.5) is 11.6 Å². The lowest BCUT2D eigenvalue weighted by Crippen LogP contribution is -2.59. The summed E-state index contributed by atoms with van der Waals surface area (Å²) >= 11 is 0. The Bertz CT molecular complexity index is 1100. The van der Waals surface area contributed by atoms with E-state index in [9.17, 15) is 9.59 Å². The fourth-order valence-electron chi connectivity index (χ4n) is 5.33. The van der Waals surface area contributed by atoms with Crippen LogP contribution in [-0.4, -0.2) is 90.6 Å². The lowest BCUT2D eigenvalue weighted by molar-refractivity contribution is 0.0566. The molecule has 2 fully saturated rings. The molecule has 11 heteroatoms. The van der Waals surface area contributed by atoms with Crippen molar-refractivity contribution in [3.05, 3.63) is 56.9 Å². The van der Waals surface area contributed by atoms with Gasteiger partial charge in [0, 0.05) is 57.9 Å². The molecule has 4 N–H and O–H groups in total. The number of likely N-dealkylation sites (tertiary alicyclic amines) is 1. The van der Waals surface area contributed by atoms with Crippen molar-refractivity contribution in [2.45, 2.75) is 65.1 Å². The molecule has 216 valence electrons. The zero-order valence-corrected chi connectivity index (χ0v) is 24.4. The Balaban J connectivity index is 0.00000170. The molecule has 2 atom stereocenters. The van der Waals surface area contributed by atoms with Crippen molar-refractivity contribution in [2.24, 2.45) is 5.18 Å². The van der Waals surface area contributed by atoms with E-state index in [4.69, 9.17) is 10.6 Å². The fraction of sp³-hybridized carbons (Fsp3) is 0.607. The van der Waals surface area contributed by atoms with Crippen molar-refractivity contribution in [1.29, 1.82) is 0 Å². The van der Waals surface area contributed by atoms with E-state index in [1.807, 2.05) is 11.0 Å². The van der Waals surface area contributed by atoms with Crippen LogP contribution in [0.5, 0.6) is 0 Å². The van der Waals surface area contributed by atoms with Gasteiger partial charge in [0.25, 0.3) is 11.5 Å². The number of carbonyl (C=O) groups excluding carboxylic acids is 1. The number of nitrogens with zero attached hydrogens (tertiary/aromatic N) is 5. The van der Waals surface area contributed by atoms with Gasteiger partial charge in [0.2, 0.25) is 0 Å². The second-order valence-corrected chi connectivity index (χ2v) is 10.2. The highest BCUT2D eigenvalue weighted by Gasteiger charge is 2.35. The topological polar surface area (TPSA) is 140 Å². The van der Waals surface area contributed by atoms with E-state index in [0.717, 1.165) is 38.9 Å². The summed E-state index contributed by atoms with van der Waals surface area (Å²) in [6, 6.07) is 1.20. The molecule has 0 radical (unpaired) electrons. The number of piperazine rings is 1. The molecule has 0 saturated carbocycles. The van der Waals surface area contributed by atoms with E-state index in [1.165, 1.54) is 25.2 Å². The van der Waals surface area contributed by atoms with Crippen LogP contribution in [0.15, 0.2) is 45.9 Å². The summed E-state index contributed by atoms with van der Waals surface area (Å²) in [5.41, 5.74) is 8.16. The number of carbonyl (C=O) groups is 1. The Morgan fingerprint density at radius 1 is 1.26 bits per heavy atom. The Kier molecular flexibility index (Phi) is 12.5. The molecule has 1 aromatic heterocycles. The van der Waals surface area contributed by atoms with E-state index in [-0.39, 0.29) is 17.1 Å². The first-order chi connectivity index (χ1) is 18.6. The summed E-state index contributed by atoms with van der Waals surface area (Å²) in [6.07, 6.45) is 9.57. The van der Waals surface area contributed by atoms with Crippen LogP contribution in [0, 0.1) is 4.91 Å². The first-order valence-electron chi connectivity index (χ1n) is 13.7. The van der Waals surface area contributed by atoms with Crippen LogP contribution in [0.2, 0.25) is 0 Å². The minimum absolute atomic E-state index is 0.00761. The fourth-order valence-corrected chi connectivity index (χ4v) is 5.33. The Labute approximate surface area is 232 Å². The summed E-state index contributed by atoms with van der Waals surface area (Å²) in [5, 5.41) is 4.72. The number of nitroso groups, excluding NO2 is 1. The third-order valence-electron chi connectivity index (χ3n) is 7.52. The van der Waals surface area contributed by atoms with Crippen molar-refractivity contribution in [3.8, 4) is 0 Å². The van der Waals surface area contributed by atoms with Gasteiger partial charge in [-0.05, 0) is 45.6 Å². The SMILES string of the molecule is C=C/C(=C\C=C(C)C)C(C)N1CCC(N2CCN(c3nc(N)c(C(=O)NC)[nH]c3=O)CC2CC)CC1.CN=O. The van der Waals surface area contributed by atoms with Gasteiger partial charge in [-0.25, -0.2) is 4.98 Å². The lowest BCUT2D eigenvalue weighted by Gasteiger charge is -2.48. The highest BCUT2D eigenvalue weighted by molar-refractivity contribution is 5.96. The van der Waals surface area contributed by atoms with Gasteiger partial charge in [-0.3, -0.25) is 19.4 Å². The van der Waals surface area contributed by atoms with Gasteiger partial charge in [0.1, 0.15) is 5.69 Å². The van der Waals surface area contributed by atoms with Gasteiger partial charge < -0.3 is 20.9 Å². The molecule has 3 heterocycles. The number of amides is 1. The van der Waals surface area contributed by atoms with Gasteiger partial charge in [-0.2, -0.15) is 4.91 Å². The zero-order chi connectivity index (χ0) is 29.1. The van der Waals surface area contributed by atoms with Crippen LogP contribution in [0.1, 0.15) is 57.4 Å². The summed E-state index contributed by atoms with van der Waals surface area (Å²) in [5.74, 6) is -0.117. The van der Waals surface area contributed by atoms with Crippen LogP contribution in [0.3, 0.4) is 0 Å². The molecular formula is C28H46N8O3. The number of hydrogen-bond donors (Lipinski definition) is 3. The van der Waals surface area contributed by atoms with Crippen molar-refractivity contribution < 1.29 is 4.79 Å². The van der Waals surface area contributed by atoms with Crippen molar-refractivity contribution >= 4 is 17.5 Å². The van der Waals surface area contributed by atoms with E-state index in [0.29, 0.717) is 37.0 Å². The van der Waals surface area contributed by atoms with E-state index < -0.39 is 5.91 Å². The summed E-state index contributed by atoms with van der Waals surface area (Å²) < 4.78 is 0. The zero-order valence-electron chi connectivity index (χ0n) is 24.4. The summed E-state index contributed by atoms with van der Waals surface area (Å²) in [6.45, 7) is 17.1. The molecule has 0 aromatic carbocycles. The minimum Gasteiger partial charge on any atom is -0.382 e. The van der Waals surface area contributed by atoms with Gasteiger partial charge >= 0.3 is 0 Å². The molecular weight excluding hydrogens is 496 g/mol. The maximum Gasteiger partial charge on any atom is 0.291 e. The standard InChI is InChI=1S/C27H43N7O2.CH3NO/c1-7-20(10-9-18(3)4)19(5)32-13-11-22(12-14-32)34-16-15-33(17-21(34)8-2)25-27(36)30-23(24(28)31-25)26(35)29-6;1-2-3/h7,9-10,19,21-22H,1,8,11-17H2,2-6H3,(H2,28,31)(H,29,35)(H,30,36);1H3/b20-10+;. The van der Waals surface area contributed by atoms with Gasteiger partial charge in [0.15, 0.2) is 11.6 Å². The average Bonchev–Trinajstić information content (AvgIpc) is 2.93. The van der Waals surface area contributed by atoms with Crippen LogP contribution < -0.4 is 21.5 Å². The molecule has 2 aliphatic heterocycles. The smallest absolute Gasteiger partial charge is 0.291 e. The van der Waals surface area contributed by atoms with Crippen molar-refractivity contribution in [2.75, 3.05) is 57.5 Å². The molecule has 1 amide bonds. The third-order valence-corrected chi connectivity index (χ3v) is 7.52. The largest absolute Gasteiger partial charge is 0.382 e.